The molecule has 0 atom stereocenters. The summed E-state index contributed by atoms with van der Waals surface area (Å²) in [4.78, 5) is 22.8. The third kappa shape index (κ3) is 4.54. The number of nitrogens with one attached hydrogen (secondary N) is 1. The van der Waals surface area contributed by atoms with Crippen molar-refractivity contribution < 1.29 is 18.5 Å². The minimum Gasteiger partial charge on any atom is -0.457 e. The van der Waals surface area contributed by atoms with Gasteiger partial charge < -0.3 is 9.73 Å². The summed E-state index contributed by atoms with van der Waals surface area (Å²) < 4.78 is 18.6. The summed E-state index contributed by atoms with van der Waals surface area (Å²) in [5.41, 5.74) is 1.36. The fourth-order valence-electron chi connectivity index (χ4n) is 2.59. The average molecular weight is 391 g/mol. The minimum atomic E-state index is -0.677. The second kappa shape index (κ2) is 8.19. The first-order valence-corrected chi connectivity index (χ1v) is 8.41. The Labute approximate surface area is 164 Å². The average Bonchev–Trinajstić information content (AvgIpc) is 3.16. The fourth-order valence-corrected chi connectivity index (χ4v) is 2.59. The summed E-state index contributed by atoms with van der Waals surface area (Å²) in [5, 5.41) is 22.8. The zero-order chi connectivity index (χ0) is 21.0. The van der Waals surface area contributed by atoms with E-state index in [1.54, 1.807) is 31.2 Å². The van der Waals surface area contributed by atoms with Gasteiger partial charge in [-0.15, -0.1) is 0 Å². The predicted octanol–water partition coefficient (Wildman–Crippen LogP) is 4.85. The van der Waals surface area contributed by atoms with Crippen LogP contribution in [0.1, 0.15) is 11.3 Å². The molecule has 0 saturated heterocycles. The van der Waals surface area contributed by atoms with Gasteiger partial charge in [0.2, 0.25) is 0 Å². The Morgan fingerprint density at radius 1 is 1.21 bits per heavy atom. The van der Waals surface area contributed by atoms with Crippen molar-refractivity contribution >= 4 is 23.4 Å². The van der Waals surface area contributed by atoms with Gasteiger partial charge in [-0.2, -0.15) is 5.26 Å². The molecule has 0 spiro atoms. The van der Waals surface area contributed by atoms with Crippen molar-refractivity contribution in [3.05, 3.63) is 87.4 Å². The number of nitro groups is 1. The molecule has 0 fully saturated rings. The van der Waals surface area contributed by atoms with Crippen molar-refractivity contribution in [3.8, 4) is 17.4 Å². The molecule has 3 rings (SSSR count). The number of halogens is 1. The van der Waals surface area contributed by atoms with Gasteiger partial charge in [-0.1, -0.05) is 6.07 Å². The molecule has 1 heterocycles. The van der Waals surface area contributed by atoms with Gasteiger partial charge in [0.1, 0.15) is 29.0 Å². The van der Waals surface area contributed by atoms with Crippen LogP contribution in [0.5, 0.6) is 0 Å². The number of furan rings is 1. The van der Waals surface area contributed by atoms with E-state index in [2.05, 4.69) is 5.32 Å². The highest BCUT2D eigenvalue weighted by Gasteiger charge is 2.15. The number of nitriles is 1. The van der Waals surface area contributed by atoms with Gasteiger partial charge in [-0.05, 0) is 48.9 Å². The molecule has 2 aromatic carbocycles. The Balaban J connectivity index is 1.85. The van der Waals surface area contributed by atoms with Gasteiger partial charge in [0, 0.05) is 29.5 Å². The third-order valence-electron chi connectivity index (χ3n) is 4.08. The highest BCUT2D eigenvalue weighted by atomic mass is 19.1. The largest absolute Gasteiger partial charge is 0.457 e. The molecule has 1 amide bonds. The summed E-state index contributed by atoms with van der Waals surface area (Å²) in [7, 11) is 0. The summed E-state index contributed by atoms with van der Waals surface area (Å²) in [6.45, 7) is 1.79. The van der Waals surface area contributed by atoms with Gasteiger partial charge in [0.25, 0.3) is 11.6 Å². The Bertz CT molecular complexity index is 1160. The molecule has 3 aromatic rings. The first-order valence-electron chi connectivity index (χ1n) is 8.41. The number of carbonyl (C=O) groups excluding carboxylic acids is 1. The van der Waals surface area contributed by atoms with Crippen molar-refractivity contribution in [2.24, 2.45) is 0 Å². The highest BCUT2D eigenvalue weighted by molar-refractivity contribution is 6.09. The standard InChI is InChI=1S/C21H14FN3O4/c1-13-2-7-17(25(27)28)11-19(13)20-9-8-18(29-20)10-14(12-23)21(26)24-16-5-3-15(22)4-6-16/h2-11H,1H3,(H,24,26)/b14-10-. The summed E-state index contributed by atoms with van der Waals surface area (Å²) in [6.07, 6.45) is 1.26. The van der Waals surface area contributed by atoms with Gasteiger partial charge in [-0.3, -0.25) is 14.9 Å². The number of non-ortho nitro benzene ring substituents is 1. The van der Waals surface area contributed by atoms with Gasteiger partial charge in [0.05, 0.1) is 4.92 Å². The number of nitrogens with zero attached hydrogens (tertiary/aromatic N) is 2. The van der Waals surface area contributed by atoms with Crippen molar-refractivity contribution in [2.45, 2.75) is 6.92 Å². The fraction of sp³-hybridized carbons (Fsp3) is 0.0476. The zero-order valence-corrected chi connectivity index (χ0v) is 15.2. The smallest absolute Gasteiger partial charge is 0.270 e. The van der Waals surface area contributed by atoms with Crippen LogP contribution in [0.2, 0.25) is 0 Å². The maximum absolute atomic E-state index is 13.0. The van der Waals surface area contributed by atoms with E-state index in [0.717, 1.165) is 5.56 Å². The number of carbonyl (C=O) groups is 1. The number of hydrogen-bond donors (Lipinski definition) is 1. The number of hydrogen-bond acceptors (Lipinski definition) is 5. The first kappa shape index (κ1) is 19.5. The molecule has 0 aliphatic heterocycles. The Hall–Kier alpha value is -4.25. The Kier molecular flexibility index (Phi) is 5.51. The Morgan fingerprint density at radius 2 is 1.93 bits per heavy atom. The van der Waals surface area contributed by atoms with Crippen LogP contribution in [0.15, 0.2) is 64.6 Å². The molecule has 144 valence electrons. The second-order valence-electron chi connectivity index (χ2n) is 6.09. The monoisotopic (exact) mass is 391 g/mol. The minimum absolute atomic E-state index is 0.0736. The molecule has 0 aliphatic rings. The number of aryl methyl sites for hydroxylation is 1. The molecule has 7 nitrogen and oxygen atoms in total. The second-order valence-corrected chi connectivity index (χ2v) is 6.09. The van der Waals surface area contributed by atoms with Gasteiger partial charge in [-0.25, -0.2) is 4.39 Å². The number of amides is 1. The third-order valence-corrected chi connectivity index (χ3v) is 4.08. The van der Waals surface area contributed by atoms with Crippen LogP contribution < -0.4 is 5.32 Å². The van der Waals surface area contributed by atoms with E-state index in [1.807, 2.05) is 0 Å². The van der Waals surface area contributed by atoms with E-state index >= 15 is 0 Å². The quantitative estimate of drug-likeness (QED) is 0.289. The van der Waals surface area contributed by atoms with Crippen molar-refractivity contribution in [1.29, 1.82) is 5.26 Å². The summed E-state index contributed by atoms with van der Waals surface area (Å²) in [6, 6.07) is 14.5. The van der Waals surface area contributed by atoms with Crippen LogP contribution in [0.3, 0.4) is 0 Å². The van der Waals surface area contributed by atoms with Crippen molar-refractivity contribution in [3.63, 3.8) is 0 Å². The van der Waals surface area contributed by atoms with Gasteiger partial charge >= 0.3 is 0 Å². The molecule has 8 heteroatoms. The predicted molar refractivity (Wildman–Crippen MR) is 104 cm³/mol. The molecule has 0 radical (unpaired) electrons. The normalized spacial score (nSPS) is 11.0. The molecule has 0 saturated carbocycles. The van der Waals surface area contributed by atoms with Crippen molar-refractivity contribution in [2.75, 3.05) is 5.32 Å². The lowest BCUT2D eigenvalue weighted by atomic mass is 10.1. The number of nitro benzene ring substituents is 1. The van der Waals surface area contributed by atoms with E-state index in [0.29, 0.717) is 17.0 Å². The highest BCUT2D eigenvalue weighted by Crippen LogP contribution is 2.29. The molecule has 0 aliphatic carbocycles. The lowest BCUT2D eigenvalue weighted by Gasteiger charge is -2.04. The molecule has 1 N–H and O–H groups in total. The van der Waals surface area contributed by atoms with Crippen LogP contribution in [0, 0.1) is 34.2 Å². The Morgan fingerprint density at radius 3 is 2.59 bits per heavy atom. The van der Waals surface area contributed by atoms with Gasteiger partial charge in [0.15, 0.2) is 0 Å². The van der Waals surface area contributed by atoms with E-state index < -0.39 is 16.6 Å². The molecule has 0 bridgehead atoms. The molecule has 1 aromatic heterocycles. The number of benzene rings is 2. The molecule has 0 unspecified atom stereocenters. The number of anilines is 1. The summed E-state index contributed by atoms with van der Waals surface area (Å²) >= 11 is 0. The van der Waals surface area contributed by atoms with E-state index in [-0.39, 0.29) is 17.0 Å². The number of rotatable bonds is 5. The maximum Gasteiger partial charge on any atom is 0.270 e. The SMILES string of the molecule is Cc1ccc([N+](=O)[O-])cc1-c1ccc(/C=C(/C#N)C(=O)Nc2ccc(F)cc2)o1. The molecular formula is C21H14FN3O4. The van der Waals surface area contributed by atoms with Crippen LogP contribution in [0.4, 0.5) is 15.8 Å². The van der Waals surface area contributed by atoms with Crippen molar-refractivity contribution in [1.82, 2.24) is 0 Å². The molecular weight excluding hydrogens is 377 g/mol. The maximum atomic E-state index is 13.0. The van der Waals surface area contributed by atoms with E-state index in [9.17, 15) is 24.6 Å². The summed E-state index contributed by atoms with van der Waals surface area (Å²) in [5.74, 6) is -0.521. The topological polar surface area (TPSA) is 109 Å². The zero-order valence-electron chi connectivity index (χ0n) is 15.2. The molecule has 29 heavy (non-hydrogen) atoms. The first-order chi connectivity index (χ1) is 13.9. The van der Waals surface area contributed by atoms with Crippen LogP contribution >= 0.6 is 0 Å². The van der Waals surface area contributed by atoms with Crippen LogP contribution in [0.25, 0.3) is 17.4 Å². The van der Waals surface area contributed by atoms with E-state index in [4.69, 9.17) is 4.42 Å². The lowest BCUT2D eigenvalue weighted by molar-refractivity contribution is -0.384. The van der Waals surface area contributed by atoms with E-state index in [1.165, 1.54) is 42.5 Å². The lowest BCUT2D eigenvalue weighted by Crippen LogP contribution is -2.13. The van der Waals surface area contributed by atoms with Crippen LogP contribution in [-0.4, -0.2) is 10.8 Å². The van der Waals surface area contributed by atoms with Crippen LogP contribution in [-0.2, 0) is 4.79 Å².